The van der Waals surface area contributed by atoms with Crippen molar-refractivity contribution >= 4 is 40.6 Å². The molecule has 118 valence electrons. The standard InChI is InChI=1S/C18H16Cl2N2O/c1-18(2,3)21-16-12-6-4-5-7-13(12)17(23)22(16)11-8-9-14(19)15(20)10-11/h4-10H,1-3H3. The van der Waals surface area contributed by atoms with Crippen molar-refractivity contribution in [1.82, 2.24) is 0 Å². The van der Waals surface area contributed by atoms with Gasteiger partial charge >= 0.3 is 0 Å². The second-order valence-corrected chi connectivity index (χ2v) is 7.21. The second-order valence-electron chi connectivity index (χ2n) is 6.39. The summed E-state index contributed by atoms with van der Waals surface area (Å²) in [6.07, 6.45) is 0. The van der Waals surface area contributed by atoms with Crippen LogP contribution in [0, 0.1) is 0 Å². The van der Waals surface area contributed by atoms with Gasteiger partial charge < -0.3 is 0 Å². The molecule has 0 saturated heterocycles. The number of halogens is 2. The largest absolute Gasteiger partial charge is 0.268 e. The molecule has 1 amide bonds. The number of hydrogen-bond acceptors (Lipinski definition) is 2. The lowest BCUT2D eigenvalue weighted by Crippen LogP contribution is -2.32. The van der Waals surface area contributed by atoms with Gasteiger partial charge in [-0.3, -0.25) is 14.7 Å². The van der Waals surface area contributed by atoms with Gasteiger partial charge in [0.15, 0.2) is 0 Å². The number of amides is 1. The van der Waals surface area contributed by atoms with E-state index in [9.17, 15) is 4.79 Å². The SMILES string of the molecule is CC(C)(C)N=C1c2ccccc2C(=O)N1c1ccc(Cl)c(Cl)c1. The molecule has 0 aromatic heterocycles. The Hall–Kier alpha value is -1.84. The Kier molecular flexibility index (Phi) is 3.95. The van der Waals surface area contributed by atoms with Gasteiger partial charge in [-0.2, -0.15) is 0 Å². The van der Waals surface area contributed by atoms with Crippen LogP contribution in [0.2, 0.25) is 10.0 Å². The highest BCUT2D eigenvalue weighted by Crippen LogP contribution is 2.33. The number of fused-ring (bicyclic) bond motifs is 1. The molecule has 5 heteroatoms. The molecule has 1 aliphatic heterocycles. The number of amidine groups is 1. The van der Waals surface area contributed by atoms with Gasteiger partial charge in [0, 0.05) is 5.56 Å². The van der Waals surface area contributed by atoms with E-state index in [0.717, 1.165) is 5.56 Å². The minimum Gasteiger partial charge on any atom is -0.268 e. The maximum Gasteiger partial charge on any atom is 0.264 e. The van der Waals surface area contributed by atoms with Gasteiger partial charge in [-0.1, -0.05) is 41.4 Å². The van der Waals surface area contributed by atoms with Crippen LogP contribution >= 0.6 is 23.2 Å². The molecule has 0 atom stereocenters. The summed E-state index contributed by atoms with van der Waals surface area (Å²) in [5.74, 6) is 0.526. The highest BCUT2D eigenvalue weighted by Gasteiger charge is 2.35. The average molecular weight is 347 g/mol. The molecule has 23 heavy (non-hydrogen) atoms. The van der Waals surface area contributed by atoms with E-state index in [0.29, 0.717) is 27.1 Å². The topological polar surface area (TPSA) is 32.7 Å². The smallest absolute Gasteiger partial charge is 0.264 e. The summed E-state index contributed by atoms with van der Waals surface area (Å²) in [6.45, 7) is 6.00. The highest BCUT2D eigenvalue weighted by molar-refractivity contribution is 6.43. The number of benzene rings is 2. The van der Waals surface area contributed by atoms with Crippen molar-refractivity contribution in [1.29, 1.82) is 0 Å². The lowest BCUT2D eigenvalue weighted by molar-refractivity contribution is 0.101. The molecule has 2 aromatic carbocycles. The Balaban J connectivity index is 2.20. The Bertz CT molecular complexity index is 822. The number of anilines is 1. The highest BCUT2D eigenvalue weighted by atomic mass is 35.5. The molecular weight excluding hydrogens is 331 g/mol. The van der Waals surface area contributed by atoms with E-state index in [-0.39, 0.29) is 11.4 Å². The first-order valence-electron chi connectivity index (χ1n) is 7.27. The third kappa shape index (κ3) is 2.99. The summed E-state index contributed by atoms with van der Waals surface area (Å²) in [4.78, 5) is 19.2. The molecule has 1 heterocycles. The van der Waals surface area contributed by atoms with Gasteiger partial charge in [0.1, 0.15) is 5.84 Å². The first-order chi connectivity index (χ1) is 10.8. The maximum absolute atomic E-state index is 12.9. The van der Waals surface area contributed by atoms with Crippen LogP contribution in [0.5, 0.6) is 0 Å². The van der Waals surface area contributed by atoms with E-state index >= 15 is 0 Å². The Labute approximate surface area is 145 Å². The summed E-state index contributed by atoms with van der Waals surface area (Å²) in [5.41, 5.74) is 1.81. The third-order valence-corrected chi connectivity index (χ3v) is 4.15. The third-order valence-electron chi connectivity index (χ3n) is 3.42. The Morgan fingerprint density at radius 1 is 0.957 bits per heavy atom. The molecule has 0 fully saturated rings. The number of rotatable bonds is 1. The van der Waals surface area contributed by atoms with E-state index in [2.05, 4.69) is 0 Å². The molecule has 0 N–H and O–H groups in total. The van der Waals surface area contributed by atoms with Crippen LogP contribution < -0.4 is 4.90 Å². The monoisotopic (exact) mass is 346 g/mol. The molecule has 1 aliphatic rings. The van der Waals surface area contributed by atoms with Gasteiger partial charge in [-0.25, -0.2) is 0 Å². The Morgan fingerprint density at radius 2 is 1.61 bits per heavy atom. The van der Waals surface area contributed by atoms with Crippen LogP contribution in [0.1, 0.15) is 36.7 Å². The molecule has 0 saturated carbocycles. The Morgan fingerprint density at radius 3 is 2.22 bits per heavy atom. The van der Waals surface area contributed by atoms with Crippen molar-refractivity contribution in [3.8, 4) is 0 Å². The summed E-state index contributed by atoms with van der Waals surface area (Å²) in [5, 5.41) is 0.858. The van der Waals surface area contributed by atoms with Crippen molar-refractivity contribution in [3.63, 3.8) is 0 Å². The van der Waals surface area contributed by atoms with Gasteiger partial charge in [0.25, 0.3) is 5.91 Å². The second kappa shape index (κ2) is 5.66. The fraction of sp³-hybridized carbons (Fsp3) is 0.222. The predicted molar refractivity (Wildman–Crippen MR) is 96.0 cm³/mol. The minimum absolute atomic E-state index is 0.109. The van der Waals surface area contributed by atoms with Gasteiger partial charge in [-0.15, -0.1) is 0 Å². The summed E-state index contributed by atoms with van der Waals surface area (Å²) < 4.78 is 0. The first kappa shape index (κ1) is 16.0. The number of nitrogens with zero attached hydrogens (tertiary/aromatic N) is 2. The molecule has 3 rings (SSSR count). The molecule has 2 aromatic rings. The first-order valence-corrected chi connectivity index (χ1v) is 8.02. The number of hydrogen-bond donors (Lipinski definition) is 0. The van der Waals surface area contributed by atoms with Crippen molar-refractivity contribution in [3.05, 3.63) is 63.6 Å². The summed E-state index contributed by atoms with van der Waals surface area (Å²) >= 11 is 12.1. The zero-order valence-electron chi connectivity index (χ0n) is 13.1. The molecule has 0 unspecified atom stereocenters. The maximum atomic E-state index is 12.9. The molecule has 3 nitrogen and oxygen atoms in total. The normalized spacial score (nSPS) is 16.1. The summed E-state index contributed by atoms with van der Waals surface area (Å²) in [6, 6.07) is 12.6. The van der Waals surface area contributed by atoms with Gasteiger partial charge in [0.2, 0.25) is 0 Å². The van der Waals surface area contributed by atoms with Crippen LogP contribution in [-0.4, -0.2) is 17.3 Å². The predicted octanol–water partition coefficient (Wildman–Crippen LogP) is 5.20. The zero-order chi connectivity index (χ0) is 16.8. The number of aliphatic imine (C=N–C) groups is 1. The van der Waals surface area contributed by atoms with Crippen LogP contribution in [0.3, 0.4) is 0 Å². The van der Waals surface area contributed by atoms with E-state index in [4.69, 9.17) is 28.2 Å². The van der Waals surface area contributed by atoms with E-state index < -0.39 is 0 Å². The van der Waals surface area contributed by atoms with Gasteiger partial charge in [0.05, 0.1) is 26.8 Å². The van der Waals surface area contributed by atoms with E-state index in [1.807, 2.05) is 45.0 Å². The van der Waals surface area contributed by atoms with Crippen LogP contribution in [-0.2, 0) is 0 Å². The molecule has 0 bridgehead atoms. The van der Waals surface area contributed by atoms with E-state index in [1.54, 1.807) is 23.1 Å². The van der Waals surface area contributed by atoms with Crippen molar-refractivity contribution < 1.29 is 4.79 Å². The van der Waals surface area contributed by atoms with Gasteiger partial charge in [-0.05, 0) is 45.0 Å². The fourth-order valence-corrected chi connectivity index (χ4v) is 2.79. The van der Waals surface area contributed by atoms with Crippen LogP contribution in [0.25, 0.3) is 0 Å². The lowest BCUT2D eigenvalue weighted by atomic mass is 10.1. The number of carbonyl (C=O) groups is 1. The molecule has 0 aliphatic carbocycles. The fourth-order valence-electron chi connectivity index (χ4n) is 2.49. The molecular formula is C18H16Cl2N2O. The lowest BCUT2D eigenvalue weighted by Gasteiger charge is -2.21. The molecule has 0 radical (unpaired) electrons. The molecule has 0 spiro atoms. The quantitative estimate of drug-likeness (QED) is 0.698. The van der Waals surface area contributed by atoms with Crippen molar-refractivity contribution in [2.24, 2.45) is 4.99 Å². The summed E-state index contributed by atoms with van der Waals surface area (Å²) in [7, 11) is 0. The van der Waals surface area contributed by atoms with E-state index in [1.165, 1.54) is 0 Å². The average Bonchev–Trinajstić information content (AvgIpc) is 2.74. The minimum atomic E-state index is -0.318. The zero-order valence-corrected chi connectivity index (χ0v) is 14.6. The van der Waals surface area contributed by atoms with Crippen molar-refractivity contribution in [2.75, 3.05) is 4.90 Å². The van der Waals surface area contributed by atoms with Crippen LogP contribution in [0.4, 0.5) is 5.69 Å². The van der Waals surface area contributed by atoms with Crippen LogP contribution in [0.15, 0.2) is 47.5 Å². The number of carbonyl (C=O) groups excluding carboxylic acids is 1. The van der Waals surface area contributed by atoms with Crippen molar-refractivity contribution in [2.45, 2.75) is 26.3 Å².